The molecule has 20 heavy (non-hydrogen) atoms. The first-order valence-electron chi connectivity index (χ1n) is 7.32. The van der Waals surface area contributed by atoms with E-state index in [0.717, 1.165) is 12.8 Å². The molecule has 1 aromatic rings. The Hall–Kier alpha value is -1.11. The van der Waals surface area contributed by atoms with Crippen molar-refractivity contribution in [3.8, 4) is 6.07 Å². The highest BCUT2D eigenvalue weighted by atomic mass is 28.3. The lowest BCUT2D eigenvalue weighted by Crippen LogP contribution is -2.59. The lowest BCUT2D eigenvalue weighted by Gasteiger charge is -2.45. The first-order chi connectivity index (χ1) is 9.14. The Morgan fingerprint density at radius 2 is 1.70 bits per heavy atom. The molecule has 0 heterocycles. The van der Waals surface area contributed by atoms with E-state index in [0.29, 0.717) is 6.42 Å². The van der Waals surface area contributed by atoms with E-state index in [1.807, 2.05) is 18.2 Å². The van der Waals surface area contributed by atoms with E-state index in [1.165, 1.54) is 5.56 Å². The molecule has 0 bridgehead atoms. The van der Waals surface area contributed by atoms with Crippen LogP contribution in [0.3, 0.4) is 0 Å². The van der Waals surface area contributed by atoms with Gasteiger partial charge in [0.05, 0.1) is 6.07 Å². The Bertz CT molecular complexity index is 470. The van der Waals surface area contributed by atoms with Crippen LogP contribution in [-0.4, -0.2) is 18.4 Å². The first kappa shape index (κ1) is 16.9. The van der Waals surface area contributed by atoms with Crippen LogP contribution < -0.4 is 0 Å². The molecule has 0 aromatic heterocycles. The van der Waals surface area contributed by atoms with Gasteiger partial charge in [0.15, 0.2) is 0 Å². The van der Waals surface area contributed by atoms with E-state index in [2.05, 4.69) is 52.1 Å². The Labute approximate surface area is 124 Å². The third kappa shape index (κ3) is 3.50. The summed E-state index contributed by atoms with van der Waals surface area (Å²) in [6.07, 6.45) is 2.33. The van der Waals surface area contributed by atoms with Crippen LogP contribution >= 0.6 is 0 Å². The maximum Gasteiger partial charge on any atom is 0.138 e. The number of hydrogen-bond donors (Lipinski definition) is 1. The summed E-state index contributed by atoms with van der Waals surface area (Å²) in [5, 5.41) is 19.2. The van der Waals surface area contributed by atoms with Gasteiger partial charge in [0.1, 0.15) is 13.3 Å². The van der Waals surface area contributed by atoms with E-state index in [4.69, 9.17) is 0 Å². The summed E-state index contributed by atoms with van der Waals surface area (Å²) in [5.41, 5.74) is 1.27. The van der Waals surface area contributed by atoms with Gasteiger partial charge in [-0.05, 0) is 29.9 Å². The molecule has 110 valence electrons. The monoisotopic (exact) mass is 289 g/mol. The van der Waals surface area contributed by atoms with E-state index < -0.39 is 13.3 Å². The number of aryl methyl sites for hydroxylation is 1. The topological polar surface area (TPSA) is 44.0 Å². The second kappa shape index (κ2) is 6.11. The van der Waals surface area contributed by atoms with Crippen molar-refractivity contribution in [2.45, 2.75) is 63.4 Å². The minimum atomic E-state index is -2.10. The second-order valence-electron chi connectivity index (χ2n) is 7.19. The maximum absolute atomic E-state index is 10.9. The zero-order valence-electron chi connectivity index (χ0n) is 13.4. The molecule has 0 fully saturated rings. The third-order valence-corrected chi connectivity index (χ3v) is 11.1. The van der Waals surface area contributed by atoms with E-state index in [-0.39, 0.29) is 5.04 Å². The van der Waals surface area contributed by atoms with Crippen LogP contribution in [-0.2, 0) is 6.42 Å². The summed E-state index contributed by atoms with van der Waals surface area (Å²) in [6.45, 7) is 10.7. The molecule has 2 nitrogen and oxygen atoms in total. The Morgan fingerprint density at radius 1 is 1.15 bits per heavy atom. The van der Waals surface area contributed by atoms with E-state index in [9.17, 15) is 10.4 Å². The van der Waals surface area contributed by atoms with Gasteiger partial charge >= 0.3 is 0 Å². The summed E-state index contributed by atoms with van der Waals surface area (Å²) < 4.78 is 0. The Morgan fingerprint density at radius 3 is 2.15 bits per heavy atom. The van der Waals surface area contributed by atoms with Gasteiger partial charge in [-0.2, -0.15) is 5.26 Å². The molecular weight excluding hydrogens is 262 g/mol. The summed E-state index contributed by atoms with van der Waals surface area (Å²) in [5.74, 6) is 0. The lowest BCUT2D eigenvalue weighted by atomic mass is 10.1. The summed E-state index contributed by atoms with van der Waals surface area (Å²) >= 11 is 0. The predicted molar refractivity (Wildman–Crippen MR) is 87.1 cm³/mol. The number of nitriles is 1. The molecule has 0 amide bonds. The van der Waals surface area contributed by atoms with Gasteiger partial charge in [0.25, 0.3) is 0 Å². The van der Waals surface area contributed by atoms with Gasteiger partial charge in [-0.3, -0.25) is 0 Å². The fourth-order valence-electron chi connectivity index (χ4n) is 2.32. The minimum Gasteiger partial charge on any atom is -0.379 e. The van der Waals surface area contributed by atoms with E-state index in [1.54, 1.807) is 0 Å². The molecule has 1 rings (SSSR count). The predicted octanol–water partition coefficient (Wildman–Crippen LogP) is 4.31. The molecule has 1 aromatic carbocycles. The molecule has 0 radical (unpaired) electrons. The van der Waals surface area contributed by atoms with Gasteiger partial charge in [0.2, 0.25) is 0 Å². The van der Waals surface area contributed by atoms with Crippen LogP contribution in [0.5, 0.6) is 0 Å². The molecule has 0 aliphatic heterocycles. The Kier molecular flexibility index (Phi) is 5.18. The molecule has 0 spiro atoms. The van der Waals surface area contributed by atoms with Gasteiger partial charge in [0, 0.05) is 0 Å². The molecule has 0 saturated heterocycles. The highest BCUT2D eigenvalue weighted by molar-refractivity contribution is 6.83. The maximum atomic E-state index is 10.9. The van der Waals surface area contributed by atoms with Gasteiger partial charge < -0.3 is 5.11 Å². The number of hydrogen-bond acceptors (Lipinski definition) is 2. The fraction of sp³-hybridized carbons (Fsp3) is 0.588. The van der Waals surface area contributed by atoms with Crippen LogP contribution in [0.15, 0.2) is 30.3 Å². The molecule has 0 saturated carbocycles. The smallest absolute Gasteiger partial charge is 0.138 e. The van der Waals surface area contributed by atoms with Crippen LogP contribution in [0.4, 0.5) is 0 Å². The van der Waals surface area contributed by atoms with Crippen molar-refractivity contribution in [1.29, 1.82) is 5.26 Å². The summed E-state index contributed by atoms with van der Waals surface area (Å²) in [7, 11) is -2.10. The summed E-state index contributed by atoms with van der Waals surface area (Å²) in [4.78, 5) is 0. The number of benzene rings is 1. The fourth-order valence-corrected chi connectivity index (χ4v) is 4.64. The van der Waals surface area contributed by atoms with Crippen molar-refractivity contribution in [3.05, 3.63) is 35.9 Å². The zero-order chi connectivity index (χ0) is 15.4. The zero-order valence-corrected chi connectivity index (χ0v) is 14.4. The quantitative estimate of drug-likeness (QED) is 0.648. The largest absolute Gasteiger partial charge is 0.379 e. The normalized spacial score (nSPS) is 15.4. The molecule has 0 aliphatic rings. The van der Waals surface area contributed by atoms with Crippen molar-refractivity contribution < 1.29 is 5.11 Å². The SMILES string of the molecule is CC(C)(C)[Si](C)(C)[C@](O)(C#N)CCCc1ccccc1. The van der Waals surface area contributed by atoms with Crippen LogP contribution in [0.25, 0.3) is 0 Å². The van der Waals surface area contributed by atoms with Crippen molar-refractivity contribution in [2.24, 2.45) is 0 Å². The lowest BCUT2D eigenvalue weighted by molar-refractivity contribution is 0.154. The molecule has 1 atom stereocenters. The Balaban J connectivity index is 2.74. The summed E-state index contributed by atoms with van der Waals surface area (Å²) in [6, 6.07) is 12.5. The van der Waals surface area contributed by atoms with Crippen LogP contribution in [0, 0.1) is 11.3 Å². The van der Waals surface area contributed by atoms with Crippen molar-refractivity contribution in [3.63, 3.8) is 0 Å². The molecule has 3 heteroatoms. The first-order valence-corrected chi connectivity index (χ1v) is 10.3. The standard InChI is InChI=1S/C17H27NOSi/c1-16(2,3)20(4,5)17(19,14-18)13-9-12-15-10-7-6-8-11-15/h6-8,10-11,19H,9,12-13H2,1-5H3/t17-/m0/s1. The van der Waals surface area contributed by atoms with E-state index >= 15 is 0 Å². The van der Waals surface area contributed by atoms with Gasteiger partial charge in [-0.1, -0.05) is 64.2 Å². The van der Waals surface area contributed by atoms with Gasteiger partial charge in [-0.15, -0.1) is 0 Å². The van der Waals surface area contributed by atoms with Crippen molar-refractivity contribution in [1.82, 2.24) is 0 Å². The molecule has 0 aliphatic carbocycles. The molecule has 1 N–H and O–H groups in total. The van der Waals surface area contributed by atoms with Gasteiger partial charge in [-0.25, -0.2) is 0 Å². The van der Waals surface area contributed by atoms with Crippen molar-refractivity contribution >= 4 is 8.07 Å². The highest BCUT2D eigenvalue weighted by Gasteiger charge is 2.52. The van der Waals surface area contributed by atoms with Crippen LogP contribution in [0.1, 0.15) is 39.2 Å². The van der Waals surface area contributed by atoms with Crippen molar-refractivity contribution in [2.75, 3.05) is 0 Å². The second-order valence-corrected chi connectivity index (χ2v) is 12.8. The average molecular weight is 289 g/mol. The average Bonchev–Trinajstić information content (AvgIpc) is 2.38. The highest BCUT2D eigenvalue weighted by Crippen LogP contribution is 2.44. The minimum absolute atomic E-state index is 0.00419. The van der Waals surface area contributed by atoms with Crippen LogP contribution in [0.2, 0.25) is 18.1 Å². The number of nitrogens with zero attached hydrogens (tertiary/aromatic N) is 1. The number of aliphatic hydroxyl groups is 1. The molecule has 0 unspecified atom stereocenters. The number of rotatable bonds is 5. The molecular formula is C17H27NOSi. The third-order valence-electron chi connectivity index (χ3n) is 4.94.